The van der Waals surface area contributed by atoms with Gasteiger partial charge in [0.25, 0.3) is 0 Å². The molecule has 0 aliphatic carbocycles. The van der Waals surface area contributed by atoms with Crippen molar-refractivity contribution in [2.75, 3.05) is 38.8 Å². The fourth-order valence-corrected chi connectivity index (χ4v) is 6.65. The molecule has 1 fully saturated rings. The van der Waals surface area contributed by atoms with Gasteiger partial charge < -0.3 is 23.5 Å². The summed E-state index contributed by atoms with van der Waals surface area (Å²) >= 11 is 0. The smallest absolute Gasteiger partial charge is 0.310 e. The number of benzene rings is 1. The molecule has 0 saturated carbocycles. The first kappa shape index (κ1) is 29.0. The maximum absolute atomic E-state index is 14.1. The molecular formula is C27H29FN6O7S. The minimum Gasteiger partial charge on any atom is -0.494 e. The molecule has 3 aromatic heterocycles. The summed E-state index contributed by atoms with van der Waals surface area (Å²) in [5.74, 6) is -0.952. The Labute approximate surface area is 241 Å². The van der Waals surface area contributed by atoms with Crippen molar-refractivity contribution in [1.82, 2.24) is 24.7 Å². The molecule has 0 radical (unpaired) electrons. The second kappa shape index (κ2) is 12.1. The van der Waals surface area contributed by atoms with Crippen molar-refractivity contribution in [3.05, 3.63) is 60.6 Å². The summed E-state index contributed by atoms with van der Waals surface area (Å²) in [4.78, 5) is 22.3. The molecule has 1 aliphatic heterocycles. The van der Waals surface area contributed by atoms with Crippen molar-refractivity contribution >= 4 is 21.8 Å². The van der Waals surface area contributed by atoms with Crippen LogP contribution in [0.5, 0.6) is 11.5 Å². The predicted molar refractivity (Wildman–Crippen MR) is 148 cm³/mol. The quantitative estimate of drug-likeness (QED) is 0.246. The topological polar surface area (TPSA) is 152 Å². The minimum absolute atomic E-state index is 0.00994. The van der Waals surface area contributed by atoms with Crippen LogP contribution < -0.4 is 14.4 Å². The van der Waals surface area contributed by atoms with E-state index in [1.807, 2.05) is 0 Å². The highest BCUT2D eigenvalue weighted by molar-refractivity contribution is 7.91. The van der Waals surface area contributed by atoms with Crippen LogP contribution in [0.15, 0.2) is 53.4 Å². The van der Waals surface area contributed by atoms with Crippen LogP contribution in [-0.2, 0) is 25.1 Å². The van der Waals surface area contributed by atoms with Crippen LogP contribution in [0.2, 0.25) is 0 Å². The standard InChI is InChI=1S/C27H29FN6O7S/c1-4-40-26(35)17-11-19(15-33(14-17)27-29-12-18(28)13-30-27)42(36,37)16-23-31-32-25(22-9-6-10-41-22)34(23)24-20(38-2)7-5-8-21(24)39-3/h5-10,12-13,17,19H,4,11,14-16H2,1-3H3/t17-,19-/m1/s1. The fourth-order valence-electron chi connectivity index (χ4n) is 4.94. The number of hydrogen-bond acceptors (Lipinski definition) is 12. The van der Waals surface area contributed by atoms with Gasteiger partial charge in [0.15, 0.2) is 27.2 Å². The Morgan fingerprint density at radius 3 is 2.40 bits per heavy atom. The van der Waals surface area contributed by atoms with E-state index >= 15 is 0 Å². The normalized spacial score (nSPS) is 17.2. The lowest BCUT2D eigenvalue weighted by Crippen LogP contribution is -2.49. The molecule has 13 nitrogen and oxygen atoms in total. The van der Waals surface area contributed by atoms with Crippen LogP contribution in [0.25, 0.3) is 17.3 Å². The van der Waals surface area contributed by atoms with Crippen molar-refractivity contribution in [2.45, 2.75) is 24.3 Å². The van der Waals surface area contributed by atoms with Crippen LogP contribution in [0.4, 0.5) is 10.3 Å². The Balaban J connectivity index is 1.55. The van der Waals surface area contributed by atoms with Gasteiger partial charge in [-0.05, 0) is 37.6 Å². The molecule has 0 N–H and O–H groups in total. The zero-order chi connectivity index (χ0) is 29.9. The van der Waals surface area contributed by atoms with Gasteiger partial charge in [-0.3, -0.25) is 9.36 Å². The van der Waals surface area contributed by atoms with Crippen LogP contribution in [0.3, 0.4) is 0 Å². The molecule has 1 aromatic carbocycles. The molecule has 0 amide bonds. The Bertz CT molecular complexity index is 1620. The predicted octanol–water partition coefficient (Wildman–Crippen LogP) is 2.85. The van der Waals surface area contributed by atoms with Gasteiger partial charge in [0.2, 0.25) is 11.8 Å². The summed E-state index contributed by atoms with van der Waals surface area (Å²) in [6.45, 7) is 1.90. The first-order valence-electron chi connectivity index (χ1n) is 13.1. The Hall–Kier alpha value is -4.53. The third kappa shape index (κ3) is 5.77. The molecule has 42 heavy (non-hydrogen) atoms. The summed E-state index contributed by atoms with van der Waals surface area (Å²) in [7, 11) is -1.04. The van der Waals surface area contributed by atoms with Crippen molar-refractivity contribution in [1.29, 1.82) is 0 Å². The molecule has 222 valence electrons. The van der Waals surface area contributed by atoms with E-state index in [2.05, 4.69) is 20.2 Å². The molecular weight excluding hydrogens is 571 g/mol. The van der Waals surface area contributed by atoms with Crippen LogP contribution in [0.1, 0.15) is 19.2 Å². The maximum atomic E-state index is 14.1. The molecule has 1 saturated heterocycles. The van der Waals surface area contributed by atoms with Crippen molar-refractivity contribution in [2.24, 2.45) is 5.92 Å². The van der Waals surface area contributed by atoms with Crippen LogP contribution in [0, 0.1) is 11.7 Å². The Morgan fingerprint density at radius 1 is 1.07 bits per heavy atom. The van der Waals surface area contributed by atoms with Gasteiger partial charge in [-0.2, -0.15) is 0 Å². The van der Waals surface area contributed by atoms with Crippen molar-refractivity contribution < 1.29 is 36.2 Å². The van der Waals surface area contributed by atoms with Gasteiger partial charge in [-0.25, -0.2) is 22.8 Å². The summed E-state index contributed by atoms with van der Waals surface area (Å²) in [6.07, 6.45) is 3.45. The molecule has 2 atom stereocenters. The van der Waals surface area contributed by atoms with E-state index in [9.17, 15) is 17.6 Å². The van der Waals surface area contributed by atoms with E-state index in [1.165, 1.54) is 25.0 Å². The number of methoxy groups -OCH3 is 2. The number of aromatic nitrogens is 5. The number of carbonyl (C=O) groups excluding carboxylic acids is 1. The number of piperidine rings is 1. The lowest BCUT2D eigenvalue weighted by molar-refractivity contribution is -0.148. The number of ether oxygens (including phenoxy) is 3. The highest BCUT2D eigenvalue weighted by Crippen LogP contribution is 2.37. The molecule has 0 bridgehead atoms. The second-order valence-electron chi connectivity index (χ2n) is 9.48. The molecule has 1 aliphatic rings. The molecule has 5 rings (SSSR count). The highest BCUT2D eigenvalue weighted by Gasteiger charge is 2.41. The lowest BCUT2D eigenvalue weighted by Gasteiger charge is -2.36. The van der Waals surface area contributed by atoms with E-state index in [0.717, 1.165) is 12.4 Å². The Morgan fingerprint density at radius 2 is 1.79 bits per heavy atom. The zero-order valence-electron chi connectivity index (χ0n) is 23.1. The van der Waals surface area contributed by atoms with E-state index in [0.29, 0.717) is 22.9 Å². The lowest BCUT2D eigenvalue weighted by atomic mass is 9.98. The monoisotopic (exact) mass is 600 g/mol. The third-order valence-corrected chi connectivity index (χ3v) is 8.87. The highest BCUT2D eigenvalue weighted by atomic mass is 32.2. The second-order valence-corrected chi connectivity index (χ2v) is 11.8. The van der Waals surface area contributed by atoms with Gasteiger partial charge in [0.05, 0.1) is 50.7 Å². The number of carbonyl (C=O) groups is 1. The van der Waals surface area contributed by atoms with E-state index < -0.39 is 38.5 Å². The van der Waals surface area contributed by atoms with Gasteiger partial charge in [0.1, 0.15) is 22.9 Å². The van der Waals surface area contributed by atoms with Gasteiger partial charge in [-0.15, -0.1) is 10.2 Å². The number of sulfone groups is 1. The number of esters is 1. The maximum Gasteiger partial charge on any atom is 0.310 e. The average molecular weight is 601 g/mol. The number of para-hydroxylation sites is 1. The largest absolute Gasteiger partial charge is 0.494 e. The number of anilines is 1. The Kier molecular flexibility index (Phi) is 8.38. The summed E-state index contributed by atoms with van der Waals surface area (Å²) in [5, 5.41) is 7.46. The minimum atomic E-state index is -4.01. The zero-order valence-corrected chi connectivity index (χ0v) is 24.0. The van der Waals surface area contributed by atoms with Gasteiger partial charge >= 0.3 is 5.97 Å². The van der Waals surface area contributed by atoms with Crippen molar-refractivity contribution in [3.8, 4) is 28.8 Å². The third-order valence-electron chi connectivity index (χ3n) is 6.86. The first-order chi connectivity index (χ1) is 20.2. The van der Waals surface area contributed by atoms with Crippen LogP contribution >= 0.6 is 0 Å². The molecule has 4 aromatic rings. The summed E-state index contributed by atoms with van der Waals surface area (Å²) in [5.41, 5.74) is 0.387. The van der Waals surface area contributed by atoms with Gasteiger partial charge in [-0.1, -0.05) is 6.07 Å². The number of hydrogen-bond donors (Lipinski definition) is 0. The average Bonchev–Trinajstić information content (AvgIpc) is 3.67. The fraction of sp³-hybridized carbons (Fsp3) is 0.370. The number of halogens is 1. The number of rotatable bonds is 10. The van der Waals surface area contributed by atoms with E-state index in [4.69, 9.17) is 18.6 Å². The summed E-state index contributed by atoms with van der Waals surface area (Å²) < 4.78 is 65.1. The number of furan rings is 1. The molecule has 0 unspecified atom stereocenters. The van der Waals surface area contributed by atoms with E-state index in [1.54, 1.807) is 42.2 Å². The van der Waals surface area contributed by atoms with Gasteiger partial charge in [0, 0.05) is 13.1 Å². The summed E-state index contributed by atoms with van der Waals surface area (Å²) in [6, 6.07) is 8.49. The molecule has 4 heterocycles. The first-order valence-corrected chi connectivity index (χ1v) is 14.8. The van der Waals surface area contributed by atoms with Crippen molar-refractivity contribution in [3.63, 3.8) is 0 Å². The molecule has 0 spiro atoms. The van der Waals surface area contributed by atoms with Crippen LogP contribution in [-0.4, -0.2) is 78.3 Å². The van der Waals surface area contributed by atoms with E-state index in [-0.39, 0.29) is 43.7 Å². The molecule has 15 heteroatoms. The SMILES string of the molecule is CCOC(=O)[C@@H]1C[C@@H](S(=O)(=O)Cc2nnc(-c3ccco3)n2-c2c(OC)cccc2OC)CN(c2ncc(F)cn2)C1. The number of nitrogens with zero attached hydrogens (tertiary/aromatic N) is 6.